The number of aliphatic hydroxyl groups excluding tert-OH is 2. The molecule has 5 heteroatoms. The first-order valence-electron chi connectivity index (χ1n) is 6.85. The Bertz CT molecular complexity index is 525. The van der Waals surface area contributed by atoms with Crippen molar-refractivity contribution >= 4 is 0 Å². The summed E-state index contributed by atoms with van der Waals surface area (Å²) in [6.07, 6.45) is -0.0461. The molecule has 0 spiro atoms. The zero-order valence-corrected chi connectivity index (χ0v) is 11.8. The minimum atomic E-state index is -0.916. The van der Waals surface area contributed by atoms with Gasteiger partial charge in [-0.3, -0.25) is 0 Å². The van der Waals surface area contributed by atoms with Crippen LogP contribution in [-0.4, -0.2) is 31.1 Å². The molecule has 0 aliphatic rings. The molecule has 0 aliphatic carbocycles. The fourth-order valence-corrected chi connectivity index (χ4v) is 2.12. The molecule has 2 rings (SSSR count). The van der Waals surface area contributed by atoms with Gasteiger partial charge in [-0.25, -0.2) is 9.67 Å². The highest BCUT2D eigenvalue weighted by Crippen LogP contribution is 2.19. The van der Waals surface area contributed by atoms with Gasteiger partial charge in [-0.1, -0.05) is 44.2 Å². The highest BCUT2D eigenvalue weighted by molar-refractivity contribution is 5.18. The molecule has 108 valence electrons. The maximum atomic E-state index is 10.2. The van der Waals surface area contributed by atoms with Gasteiger partial charge in [0.2, 0.25) is 0 Å². The quantitative estimate of drug-likeness (QED) is 0.839. The summed E-state index contributed by atoms with van der Waals surface area (Å²) in [7, 11) is 0. The molecule has 2 atom stereocenters. The summed E-state index contributed by atoms with van der Waals surface area (Å²) in [6.45, 7) is 4.95. The second-order valence-electron chi connectivity index (χ2n) is 5.38. The lowest BCUT2D eigenvalue weighted by atomic mass is 10.0. The average Bonchev–Trinajstić information content (AvgIpc) is 2.85. The zero-order valence-electron chi connectivity index (χ0n) is 11.8. The Morgan fingerprint density at radius 1 is 1.15 bits per heavy atom. The molecular weight excluding hydrogens is 254 g/mol. The van der Waals surface area contributed by atoms with E-state index in [1.165, 1.54) is 6.33 Å². The van der Waals surface area contributed by atoms with E-state index in [2.05, 4.69) is 23.9 Å². The first-order chi connectivity index (χ1) is 9.58. The van der Waals surface area contributed by atoms with E-state index in [1.807, 2.05) is 18.2 Å². The van der Waals surface area contributed by atoms with Crippen LogP contribution in [-0.2, 0) is 13.0 Å². The van der Waals surface area contributed by atoms with E-state index in [9.17, 15) is 10.2 Å². The van der Waals surface area contributed by atoms with E-state index in [-0.39, 0.29) is 6.42 Å². The van der Waals surface area contributed by atoms with Crippen LogP contribution < -0.4 is 0 Å². The van der Waals surface area contributed by atoms with Gasteiger partial charge in [0.25, 0.3) is 0 Å². The van der Waals surface area contributed by atoms with Crippen LogP contribution >= 0.6 is 0 Å². The maximum Gasteiger partial charge on any atom is 0.138 e. The number of rotatable bonds is 6. The Morgan fingerprint density at radius 3 is 2.50 bits per heavy atom. The van der Waals surface area contributed by atoms with E-state index in [0.29, 0.717) is 17.3 Å². The molecule has 2 N–H and O–H groups in total. The highest BCUT2D eigenvalue weighted by atomic mass is 16.3. The Hall–Kier alpha value is -1.72. The smallest absolute Gasteiger partial charge is 0.138 e. The molecule has 2 unspecified atom stereocenters. The second-order valence-corrected chi connectivity index (χ2v) is 5.38. The maximum absolute atomic E-state index is 10.2. The number of aromatic nitrogens is 3. The second kappa shape index (κ2) is 6.63. The van der Waals surface area contributed by atoms with Crippen LogP contribution in [0.3, 0.4) is 0 Å². The predicted molar refractivity (Wildman–Crippen MR) is 76.0 cm³/mol. The van der Waals surface area contributed by atoms with Crippen LogP contribution in [0.5, 0.6) is 0 Å². The number of hydrogen-bond donors (Lipinski definition) is 2. The molecule has 0 bridgehead atoms. The van der Waals surface area contributed by atoms with Gasteiger partial charge < -0.3 is 10.2 Å². The van der Waals surface area contributed by atoms with Crippen molar-refractivity contribution in [1.29, 1.82) is 0 Å². The van der Waals surface area contributed by atoms with E-state index in [0.717, 1.165) is 6.54 Å². The summed E-state index contributed by atoms with van der Waals surface area (Å²) in [5.74, 6) is 1.15. The van der Waals surface area contributed by atoms with E-state index in [1.54, 1.807) is 16.8 Å². The minimum Gasteiger partial charge on any atom is -0.390 e. The number of benzene rings is 1. The number of aliphatic hydroxyl groups is 2. The first kappa shape index (κ1) is 14.7. The normalized spacial score (nSPS) is 14.4. The lowest BCUT2D eigenvalue weighted by Gasteiger charge is -2.18. The van der Waals surface area contributed by atoms with Gasteiger partial charge in [-0.05, 0) is 11.5 Å². The summed E-state index contributed by atoms with van der Waals surface area (Å²) in [5.41, 5.74) is 0.704. The van der Waals surface area contributed by atoms with Crippen LogP contribution in [0.4, 0.5) is 0 Å². The van der Waals surface area contributed by atoms with Crippen molar-refractivity contribution in [1.82, 2.24) is 14.8 Å². The third-order valence-corrected chi connectivity index (χ3v) is 3.13. The standard InChI is InChI=1S/C15H21N3O2/c1-11(2)9-18-14(16-10-17-18)8-13(19)15(20)12-6-4-3-5-7-12/h3-7,10-11,13,15,19-20H,8-9H2,1-2H3. The first-order valence-corrected chi connectivity index (χ1v) is 6.85. The Labute approximate surface area is 118 Å². The predicted octanol–water partition coefficient (Wildman–Crippen LogP) is 1.57. The van der Waals surface area contributed by atoms with Crippen molar-refractivity contribution in [2.45, 2.75) is 39.0 Å². The fraction of sp³-hybridized carbons (Fsp3) is 0.467. The molecule has 0 fully saturated rings. The van der Waals surface area contributed by atoms with Gasteiger partial charge >= 0.3 is 0 Å². The topological polar surface area (TPSA) is 71.2 Å². The van der Waals surface area contributed by atoms with E-state index >= 15 is 0 Å². The van der Waals surface area contributed by atoms with Gasteiger partial charge in [0.05, 0.1) is 6.10 Å². The molecule has 5 nitrogen and oxygen atoms in total. The van der Waals surface area contributed by atoms with Crippen LogP contribution in [0.25, 0.3) is 0 Å². The van der Waals surface area contributed by atoms with Crippen LogP contribution in [0.2, 0.25) is 0 Å². The SMILES string of the molecule is CC(C)Cn1ncnc1CC(O)C(O)c1ccccc1. The zero-order chi connectivity index (χ0) is 14.5. The van der Waals surface area contributed by atoms with Crippen LogP contribution in [0.15, 0.2) is 36.7 Å². The van der Waals surface area contributed by atoms with Crippen molar-refractivity contribution in [3.63, 3.8) is 0 Å². The van der Waals surface area contributed by atoms with Gasteiger partial charge in [0.15, 0.2) is 0 Å². The molecule has 1 heterocycles. The van der Waals surface area contributed by atoms with E-state index in [4.69, 9.17) is 0 Å². The monoisotopic (exact) mass is 275 g/mol. The Balaban J connectivity index is 2.04. The van der Waals surface area contributed by atoms with Crippen molar-refractivity contribution < 1.29 is 10.2 Å². The van der Waals surface area contributed by atoms with Crippen LogP contribution in [0, 0.1) is 5.92 Å². The van der Waals surface area contributed by atoms with Crippen molar-refractivity contribution in [3.8, 4) is 0 Å². The van der Waals surface area contributed by atoms with Crippen LogP contribution in [0.1, 0.15) is 31.3 Å². The van der Waals surface area contributed by atoms with Crippen molar-refractivity contribution in [2.75, 3.05) is 0 Å². The Kier molecular flexibility index (Phi) is 4.87. The molecule has 2 aromatic rings. The molecule has 1 aromatic carbocycles. The van der Waals surface area contributed by atoms with Gasteiger partial charge in [-0.2, -0.15) is 5.10 Å². The van der Waals surface area contributed by atoms with Gasteiger partial charge in [0.1, 0.15) is 18.3 Å². The molecule has 1 aromatic heterocycles. The summed E-state index contributed by atoms with van der Waals surface area (Å²) < 4.78 is 1.78. The molecule has 20 heavy (non-hydrogen) atoms. The number of hydrogen-bond acceptors (Lipinski definition) is 4. The lowest BCUT2D eigenvalue weighted by molar-refractivity contribution is 0.0171. The van der Waals surface area contributed by atoms with Crippen molar-refractivity contribution in [3.05, 3.63) is 48.0 Å². The molecule has 0 radical (unpaired) electrons. The number of nitrogens with zero attached hydrogens (tertiary/aromatic N) is 3. The third-order valence-electron chi connectivity index (χ3n) is 3.13. The summed E-state index contributed by atoms with van der Waals surface area (Å²) >= 11 is 0. The van der Waals surface area contributed by atoms with Crippen molar-refractivity contribution in [2.24, 2.45) is 5.92 Å². The Morgan fingerprint density at radius 2 is 1.85 bits per heavy atom. The highest BCUT2D eigenvalue weighted by Gasteiger charge is 2.21. The largest absolute Gasteiger partial charge is 0.390 e. The summed E-state index contributed by atoms with van der Waals surface area (Å²) in [5, 5.41) is 24.5. The summed E-state index contributed by atoms with van der Waals surface area (Å²) in [4.78, 5) is 4.17. The molecule has 0 amide bonds. The molecule has 0 aliphatic heterocycles. The van der Waals surface area contributed by atoms with Gasteiger partial charge in [0, 0.05) is 13.0 Å². The summed E-state index contributed by atoms with van der Waals surface area (Å²) in [6, 6.07) is 9.15. The van der Waals surface area contributed by atoms with E-state index < -0.39 is 12.2 Å². The van der Waals surface area contributed by atoms with Gasteiger partial charge in [-0.15, -0.1) is 0 Å². The molecule has 0 saturated heterocycles. The lowest BCUT2D eigenvalue weighted by Crippen LogP contribution is -2.23. The third kappa shape index (κ3) is 3.65. The minimum absolute atomic E-state index is 0.281. The molecule has 0 saturated carbocycles. The average molecular weight is 275 g/mol. The molecular formula is C15H21N3O2. The fourth-order valence-electron chi connectivity index (χ4n) is 2.12.